The minimum atomic E-state index is 0.380. The average molecular weight is 442 g/mol. The highest BCUT2D eigenvalue weighted by molar-refractivity contribution is 5.60. The molecule has 32 heavy (non-hydrogen) atoms. The van der Waals surface area contributed by atoms with Crippen LogP contribution in [0.3, 0.4) is 0 Å². The van der Waals surface area contributed by atoms with Crippen LogP contribution in [0.5, 0.6) is 0 Å². The van der Waals surface area contributed by atoms with Gasteiger partial charge >= 0.3 is 0 Å². The number of anilines is 4. The fraction of sp³-hybridized carbons (Fsp3) is 0.591. The first-order valence-electron chi connectivity index (χ1n) is 11.5. The first-order valence-corrected chi connectivity index (χ1v) is 11.5. The maximum Gasteiger partial charge on any atom is 0.227 e. The highest BCUT2D eigenvalue weighted by atomic mass is 16.6. The minimum absolute atomic E-state index is 0.380. The Morgan fingerprint density at radius 3 is 2.72 bits per heavy atom. The number of likely N-dealkylation sites (N-methyl/N-ethyl adjacent to an activating group) is 1. The molecule has 1 aliphatic carbocycles. The molecule has 174 valence electrons. The fourth-order valence-corrected chi connectivity index (χ4v) is 3.65. The number of hydrogen-bond acceptors (Lipinski definition) is 9. The summed E-state index contributed by atoms with van der Waals surface area (Å²) in [6.07, 6.45) is 5.50. The highest BCUT2D eigenvalue weighted by Crippen LogP contribution is 2.39. The van der Waals surface area contributed by atoms with Gasteiger partial charge in [-0.1, -0.05) is 13.8 Å². The summed E-state index contributed by atoms with van der Waals surface area (Å²) < 4.78 is 0. The topological polar surface area (TPSA) is 120 Å². The molecule has 0 aromatic carbocycles. The molecule has 2 aliphatic rings. The lowest BCUT2D eigenvalue weighted by Gasteiger charge is -2.33. The summed E-state index contributed by atoms with van der Waals surface area (Å²) in [6.45, 7) is 8.53. The smallest absolute Gasteiger partial charge is 0.227 e. The number of nitrogens with one attached hydrogen (secondary N) is 3. The summed E-state index contributed by atoms with van der Waals surface area (Å²) in [6, 6.07) is 4.05. The molecule has 1 unspecified atom stereocenters. The predicted molar refractivity (Wildman–Crippen MR) is 127 cm³/mol. The van der Waals surface area contributed by atoms with Crippen LogP contribution in [0.25, 0.3) is 0 Å². The Balaban J connectivity index is 1.52. The summed E-state index contributed by atoms with van der Waals surface area (Å²) in [5.41, 5.74) is 1.18. The number of aromatic nitrogens is 4. The molecule has 0 bridgehead atoms. The van der Waals surface area contributed by atoms with Gasteiger partial charge < -0.3 is 25.3 Å². The molecule has 10 nitrogen and oxygen atoms in total. The lowest BCUT2D eigenvalue weighted by atomic mass is 10.1. The van der Waals surface area contributed by atoms with Crippen LogP contribution in [-0.2, 0) is 4.84 Å². The zero-order valence-corrected chi connectivity index (χ0v) is 19.3. The molecular formula is C22H35N9O. The van der Waals surface area contributed by atoms with Crippen molar-refractivity contribution in [3.8, 4) is 0 Å². The van der Waals surface area contributed by atoms with Crippen LogP contribution in [0.2, 0.25) is 0 Å². The molecule has 1 saturated carbocycles. The van der Waals surface area contributed by atoms with Crippen molar-refractivity contribution in [2.75, 3.05) is 55.3 Å². The van der Waals surface area contributed by atoms with Gasteiger partial charge in [-0.15, -0.1) is 0 Å². The van der Waals surface area contributed by atoms with E-state index in [9.17, 15) is 0 Å². The number of rotatable bonds is 10. The highest BCUT2D eigenvalue weighted by Gasteiger charge is 2.25. The van der Waals surface area contributed by atoms with Gasteiger partial charge in [-0.3, -0.25) is 5.10 Å². The van der Waals surface area contributed by atoms with Crippen LogP contribution in [0.1, 0.15) is 44.7 Å². The van der Waals surface area contributed by atoms with Crippen LogP contribution >= 0.6 is 0 Å². The molecule has 1 saturated heterocycles. The average Bonchev–Trinajstić information content (AvgIpc) is 3.55. The van der Waals surface area contributed by atoms with Crippen molar-refractivity contribution < 1.29 is 4.84 Å². The lowest BCUT2D eigenvalue weighted by Crippen LogP contribution is -2.44. The normalized spacial score (nSPS) is 18.5. The number of nitrogens with zero attached hydrogens (tertiary/aromatic N) is 5. The number of aromatic amines is 1. The molecule has 1 aliphatic heterocycles. The third kappa shape index (κ3) is 5.89. The summed E-state index contributed by atoms with van der Waals surface area (Å²) in [7, 11) is 2.14. The van der Waals surface area contributed by atoms with Crippen LogP contribution in [0.15, 0.2) is 24.0 Å². The van der Waals surface area contributed by atoms with Gasteiger partial charge in [-0.25, -0.2) is 0 Å². The molecule has 2 aromatic heterocycles. The van der Waals surface area contributed by atoms with E-state index < -0.39 is 0 Å². The SMILES string of the molecule is CCC(C)/C=C(/CNc1nc(Nc2cc(C3CC3)[nH]n2)cc(N2CCN(C)CC2)n1)ON. The molecule has 0 amide bonds. The van der Waals surface area contributed by atoms with E-state index in [1.165, 1.54) is 18.5 Å². The van der Waals surface area contributed by atoms with Gasteiger partial charge in [0.05, 0.1) is 6.54 Å². The number of allylic oxidation sites excluding steroid dienone is 1. The Morgan fingerprint density at radius 1 is 1.25 bits per heavy atom. The molecule has 3 heterocycles. The number of hydrogen-bond donors (Lipinski definition) is 4. The van der Waals surface area contributed by atoms with Crippen LogP contribution in [0.4, 0.5) is 23.4 Å². The summed E-state index contributed by atoms with van der Waals surface area (Å²) in [4.78, 5) is 19.1. The fourth-order valence-electron chi connectivity index (χ4n) is 3.65. The molecule has 5 N–H and O–H groups in total. The maximum absolute atomic E-state index is 5.48. The third-order valence-electron chi connectivity index (χ3n) is 6.10. The van der Waals surface area contributed by atoms with E-state index in [1.54, 1.807) is 0 Å². The summed E-state index contributed by atoms with van der Waals surface area (Å²) in [5.74, 6) is 10.0. The van der Waals surface area contributed by atoms with Gasteiger partial charge in [-0.05, 0) is 38.3 Å². The summed E-state index contributed by atoms with van der Waals surface area (Å²) >= 11 is 0. The third-order valence-corrected chi connectivity index (χ3v) is 6.10. The van der Waals surface area contributed by atoms with E-state index in [0.717, 1.165) is 44.2 Å². The van der Waals surface area contributed by atoms with Crippen molar-refractivity contribution >= 4 is 23.4 Å². The van der Waals surface area contributed by atoms with Crippen LogP contribution < -0.4 is 21.4 Å². The van der Waals surface area contributed by atoms with E-state index >= 15 is 0 Å². The standard InChI is InChI=1S/C22H35N9O/c1-4-15(2)11-17(32-23)14-24-22-26-19(25-20-12-18(28-29-20)16-5-6-16)13-21(27-22)31-9-7-30(3)8-10-31/h11-13,15-16H,4-10,14,23H2,1-3H3,(H3,24,25,26,27,28,29)/b17-11-. The van der Waals surface area contributed by atoms with Gasteiger partial charge in [-0.2, -0.15) is 21.0 Å². The monoisotopic (exact) mass is 441 g/mol. The van der Waals surface area contributed by atoms with Gasteiger partial charge in [0.2, 0.25) is 5.95 Å². The van der Waals surface area contributed by atoms with Crippen molar-refractivity contribution in [1.82, 2.24) is 25.1 Å². The first-order chi connectivity index (χ1) is 15.5. The van der Waals surface area contributed by atoms with E-state index in [4.69, 9.17) is 15.7 Å². The lowest BCUT2D eigenvalue weighted by molar-refractivity contribution is 0.216. The van der Waals surface area contributed by atoms with Crippen LogP contribution in [0, 0.1) is 5.92 Å². The largest absolute Gasteiger partial charge is 0.414 e. The molecule has 2 fully saturated rings. The Kier molecular flexibility index (Phi) is 7.11. The summed E-state index contributed by atoms with van der Waals surface area (Å²) in [5, 5.41) is 14.1. The Labute approximate surface area is 189 Å². The van der Waals surface area contributed by atoms with Gasteiger partial charge in [0.1, 0.15) is 17.4 Å². The second kappa shape index (κ2) is 10.2. The van der Waals surface area contributed by atoms with Gasteiger partial charge in [0.25, 0.3) is 0 Å². The molecular weight excluding hydrogens is 406 g/mol. The van der Waals surface area contributed by atoms with Crippen molar-refractivity contribution in [3.05, 3.63) is 29.7 Å². The van der Waals surface area contributed by atoms with Crippen molar-refractivity contribution in [2.24, 2.45) is 11.8 Å². The van der Waals surface area contributed by atoms with Gasteiger partial charge in [0, 0.05) is 49.9 Å². The van der Waals surface area contributed by atoms with Crippen molar-refractivity contribution in [3.63, 3.8) is 0 Å². The van der Waals surface area contributed by atoms with E-state index in [1.807, 2.05) is 12.1 Å². The van der Waals surface area contributed by atoms with Gasteiger partial charge in [0.15, 0.2) is 5.82 Å². The van der Waals surface area contributed by atoms with E-state index in [2.05, 4.69) is 62.6 Å². The van der Waals surface area contributed by atoms with Crippen molar-refractivity contribution in [2.45, 2.75) is 39.0 Å². The van der Waals surface area contributed by atoms with E-state index in [-0.39, 0.29) is 0 Å². The Hall–Kier alpha value is -2.85. The second-order valence-electron chi connectivity index (χ2n) is 8.82. The zero-order chi connectivity index (χ0) is 22.5. The number of piperazine rings is 1. The second-order valence-corrected chi connectivity index (χ2v) is 8.82. The zero-order valence-electron chi connectivity index (χ0n) is 19.3. The quantitative estimate of drug-likeness (QED) is 0.326. The molecule has 4 rings (SSSR count). The minimum Gasteiger partial charge on any atom is -0.414 e. The Morgan fingerprint density at radius 2 is 2.03 bits per heavy atom. The first kappa shape index (κ1) is 22.3. The maximum atomic E-state index is 5.48. The van der Waals surface area contributed by atoms with Crippen molar-refractivity contribution in [1.29, 1.82) is 0 Å². The molecule has 1 atom stereocenters. The predicted octanol–water partition coefficient (Wildman–Crippen LogP) is 2.80. The number of nitrogens with two attached hydrogens (primary N) is 1. The Bertz CT molecular complexity index is 916. The molecule has 0 radical (unpaired) electrons. The molecule has 0 spiro atoms. The van der Waals surface area contributed by atoms with E-state index in [0.29, 0.717) is 35.9 Å². The number of H-pyrrole nitrogens is 1. The van der Waals surface area contributed by atoms with Crippen LogP contribution in [-0.4, -0.2) is 64.8 Å². The molecule has 2 aromatic rings. The molecule has 10 heteroatoms.